The molecule has 2 rings (SSSR count). The second-order valence-electron chi connectivity index (χ2n) is 4.24. The summed E-state index contributed by atoms with van der Waals surface area (Å²) in [6.45, 7) is 5.44. The van der Waals surface area contributed by atoms with Gasteiger partial charge in [0.15, 0.2) is 0 Å². The van der Waals surface area contributed by atoms with Crippen molar-refractivity contribution >= 4 is 21.4 Å². The van der Waals surface area contributed by atoms with E-state index in [1.165, 1.54) is 10.6 Å². The largest absolute Gasteiger partial charge is 0.399 e. The van der Waals surface area contributed by atoms with Crippen molar-refractivity contribution in [3.63, 3.8) is 0 Å². The molecule has 3 N–H and O–H groups in total. The number of sulfonamides is 1. The van der Waals surface area contributed by atoms with Crippen LogP contribution in [0.25, 0.3) is 0 Å². The van der Waals surface area contributed by atoms with E-state index in [1.54, 1.807) is 0 Å². The second kappa shape index (κ2) is 9.61. The average molecular weight is 301 g/mol. The van der Waals surface area contributed by atoms with E-state index in [9.17, 15) is 8.42 Å². The molecule has 0 saturated carbocycles. The van der Waals surface area contributed by atoms with Crippen molar-refractivity contribution in [2.24, 2.45) is 0 Å². The summed E-state index contributed by atoms with van der Waals surface area (Å²) >= 11 is 0. The molecule has 1 saturated heterocycles. The van der Waals surface area contributed by atoms with Gasteiger partial charge < -0.3 is 11.1 Å². The summed E-state index contributed by atoms with van der Waals surface area (Å²) in [7, 11) is -0.989. The van der Waals surface area contributed by atoms with Crippen molar-refractivity contribution in [3.05, 3.63) is 24.3 Å². The molecule has 5 nitrogen and oxygen atoms in total. The van der Waals surface area contributed by atoms with Crippen LogP contribution in [-0.2, 0) is 10.0 Å². The highest BCUT2D eigenvalue weighted by Gasteiger charge is 2.19. The molecule has 0 aromatic heterocycles. The van der Waals surface area contributed by atoms with Gasteiger partial charge >= 0.3 is 0 Å². The summed E-state index contributed by atoms with van der Waals surface area (Å²) < 4.78 is 23.0. The zero-order chi connectivity index (χ0) is 15.6. The molecule has 1 fully saturated rings. The molecule has 1 heterocycles. The van der Waals surface area contributed by atoms with Crippen LogP contribution >= 0.6 is 0 Å². The highest BCUT2D eigenvalue weighted by atomic mass is 32.2. The Hall–Kier alpha value is -1.27. The number of hydrogen-bond acceptors (Lipinski definition) is 4. The van der Waals surface area contributed by atoms with E-state index >= 15 is 0 Å². The lowest BCUT2D eigenvalue weighted by Gasteiger charge is -2.09. The Morgan fingerprint density at radius 3 is 1.85 bits per heavy atom. The van der Waals surface area contributed by atoms with Crippen molar-refractivity contribution in [1.82, 2.24) is 4.31 Å². The maximum Gasteiger partial charge on any atom is 0.211 e. The minimum absolute atomic E-state index is 0.721. The molecule has 6 heteroatoms. The van der Waals surface area contributed by atoms with Gasteiger partial charge in [0, 0.05) is 31.5 Å². The smallest absolute Gasteiger partial charge is 0.211 e. The molecule has 20 heavy (non-hydrogen) atoms. The van der Waals surface area contributed by atoms with Crippen LogP contribution in [0.3, 0.4) is 0 Å². The van der Waals surface area contributed by atoms with Gasteiger partial charge in [-0.25, -0.2) is 12.7 Å². The van der Waals surface area contributed by atoms with Crippen LogP contribution in [0.2, 0.25) is 0 Å². The molecule has 0 spiro atoms. The van der Waals surface area contributed by atoms with Crippen LogP contribution in [0.4, 0.5) is 11.4 Å². The monoisotopic (exact) mass is 301 g/mol. The first-order valence-electron chi connectivity index (χ1n) is 6.92. The standard InChI is InChI=1S/C7H10N2.C5H11NO2S.C2H6/c1-9-7-4-2-6(8)3-5-7;1-9(7,8)6-4-2-3-5-6;1-2/h2-5,9H,8H2,1H3;2-5H2,1H3;1-2H3. The van der Waals surface area contributed by atoms with Gasteiger partial charge in [0.2, 0.25) is 10.0 Å². The summed E-state index contributed by atoms with van der Waals surface area (Å²) in [6, 6.07) is 7.61. The molecule has 1 aromatic rings. The summed E-state index contributed by atoms with van der Waals surface area (Å²) in [5, 5.41) is 3.00. The third kappa shape index (κ3) is 7.35. The van der Waals surface area contributed by atoms with E-state index in [2.05, 4.69) is 5.32 Å². The number of nitrogens with zero attached hydrogens (tertiary/aromatic N) is 1. The lowest BCUT2D eigenvalue weighted by Crippen LogP contribution is -2.26. The zero-order valence-corrected chi connectivity index (χ0v) is 13.7. The highest BCUT2D eigenvalue weighted by Crippen LogP contribution is 2.10. The van der Waals surface area contributed by atoms with Crippen LogP contribution < -0.4 is 11.1 Å². The number of nitrogen functional groups attached to an aromatic ring is 1. The fourth-order valence-electron chi connectivity index (χ4n) is 1.67. The van der Waals surface area contributed by atoms with E-state index in [0.717, 1.165) is 37.3 Å². The molecular weight excluding hydrogens is 274 g/mol. The number of hydrogen-bond donors (Lipinski definition) is 2. The van der Waals surface area contributed by atoms with E-state index in [0.29, 0.717) is 0 Å². The van der Waals surface area contributed by atoms with Gasteiger partial charge in [-0.05, 0) is 37.1 Å². The molecule has 1 aromatic carbocycles. The predicted octanol–water partition coefficient (Wildman–Crippen LogP) is 2.38. The normalized spacial score (nSPS) is 14.6. The number of nitrogens with one attached hydrogen (secondary N) is 1. The fraction of sp³-hybridized carbons (Fsp3) is 0.571. The number of anilines is 2. The maximum absolute atomic E-state index is 10.8. The van der Waals surface area contributed by atoms with Gasteiger partial charge in [-0.15, -0.1) is 0 Å². The third-order valence-electron chi connectivity index (χ3n) is 2.73. The summed E-state index contributed by atoms with van der Waals surface area (Å²) in [5.74, 6) is 0. The van der Waals surface area contributed by atoms with Crippen LogP contribution in [0.15, 0.2) is 24.3 Å². The summed E-state index contributed by atoms with van der Waals surface area (Å²) in [5.41, 5.74) is 7.34. The number of nitrogens with two attached hydrogens (primary N) is 1. The van der Waals surface area contributed by atoms with E-state index in [4.69, 9.17) is 5.73 Å². The van der Waals surface area contributed by atoms with Gasteiger partial charge in [0.05, 0.1) is 6.26 Å². The number of rotatable bonds is 2. The van der Waals surface area contributed by atoms with Gasteiger partial charge in [0.1, 0.15) is 0 Å². The quantitative estimate of drug-likeness (QED) is 0.822. The third-order valence-corrected chi connectivity index (χ3v) is 4.04. The molecule has 0 radical (unpaired) electrons. The van der Waals surface area contributed by atoms with Crippen molar-refractivity contribution in [3.8, 4) is 0 Å². The molecule has 0 bridgehead atoms. The Balaban J connectivity index is 0.000000321. The SMILES string of the molecule is CC.CNc1ccc(N)cc1.CS(=O)(=O)N1CCCC1. The lowest BCUT2D eigenvalue weighted by molar-refractivity contribution is 0.483. The van der Waals surface area contributed by atoms with Crippen LogP contribution in [0, 0.1) is 0 Å². The Morgan fingerprint density at radius 2 is 1.55 bits per heavy atom. The van der Waals surface area contributed by atoms with E-state index < -0.39 is 10.0 Å². The second-order valence-corrected chi connectivity index (χ2v) is 6.22. The van der Waals surface area contributed by atoms with Crippen molar-refractivity contribution in [1.29, 1.82) is 0 Å². The van der Waals surface area contributed by atoms with Crippen molar-refractivity contribution < 1.29 is 8.42 Å². The molecule has 116 valence electrons. The van der Waals surface area contributed by atoms with Crippen LogP contribution in [0.5, 0.6) is 0 Å². The maximum atomic E-state index is 10.8. The minimum atomic E-state index is -2.87. The Morgan fingerprint density at radius 1 is 1.10 bits per heavy atom. The fourth-order valence-corrected chi connectivity index (χ4v) is 2.59. The van der Waals surface area contributed by atoms with Gasteiger partial charge in [-0.3, -0.25) is 0 Å². The summed E-state index contributed by atoms with van der Waals surface area (Å²) in [4.78, 5) is 0. The first-order valence-corrected chi connectivity index (χ1v) is 8.76. The minimum Gasteiger partial charge on any atom is -0.399 e. The van der Waals surface area contributed by atoms with Crippen molar-refractivity contribution in [2.75, 3.05) is 37.4 Å². The topological polar surface area (TPSA) is 75.4 Å². The molecule has 0 aliphatic carbocycles. The van der Waals surface area contributed by atoms with Gasteiger partial charge in [-0.2, -0.15) is 0 Å². The Kier molecular flexibility index (Phi) is 9.00. The Bertz CT molecular complexity index is 452. The molecule has 0 unspecified atom stereocenters. The Labute approximate surface area is 123 Å². The lowest BCUT2D eigenvalue weighted by atomic mass is 10.3. The molecule has 0 amide bonds. The number of benzene rings is 1. The highest BCUT2D eigenvalue weighted by molar-refractivity contribution is 7.88. The van der Waals surface area contributed by atoms with Gasteiger partial charge in [-0.1, -0.05) is 13.8 Å². The van der Waals surface area contributed by atoms with E-state index in [-0.39, 0.29) is 0 Å². The van der Waals surface area contributed by atoms with E-state index in [1.807, 2.05) is 45.2 Å². The molecule has 1 aliphatic rings. The van der Waals surface area contributed by atoms with Crippen LogP contribution in [-0.4, -0.2) is 39.1 Å². The predicted molar refractivity (Wildman–Crippen MR) is 87.4 cm³/mol. The first-order chi connectivity index (χ1) is 9.43. The zero-order valence-electron chi connectivity index (χ0n) is 12.9. The van der Waals surface area contributed by atoms with Crippen LogP contribution in [0.1, 0.15) is 26.7 Å². The summed E-state index contributed by atoms with van der Waals surface area (Å²) in [6.07, 6.45) is 3.30. The van der Waals surface area contributed by atoms with Gasteiger partial charge in [0.25, 0.3) is 0 Å². The average Bonchev–Trinajstić information content (AvgIpc) is 2.97. The first kappa shape index (κ1) is 18.7. The molecule has 1 aliphatic heterocycles. The molecular formula is C14H27N3O2S. The molecule has 0 atom stereocenters. The van der Waals surface area contributed by atoms with Crippen molar-refractivity contribution in [2.45, 2.75) is 26.7 Å².